The van der Waals surface area contributed by atoms with E-state index in [1.807, 2.05) is 18.7 Å². The number of nitrogens with zero attached hydrogens (tertiary/aromatic N) is 1. The number of aliphatic imine (C=N–C) groups is 1. The summed E-state index contributed by atoms with van der Waals surface area (Å²) in [6.45, 7) is 6.96. The number of benzene rings is 1. The molecule has 1 aromatic carbocycles. The quantitative estimate of drug-likeness (QED) is 0.219. The first kappa shape index (κ1) is 24.0. The predicted molar refractivity (Wildman–Crippen MR) is 123 cm³/mol. The average molecular weight is 508 g/mol. The van der Waals surface area contributed by atoms with Crippen molar-refractivity contribution < 1.29 is 9.18 Å². The number of halogens is 2. The molecule has 1 aliphatic rings. The van der Waals surface area contributed by atoms with Gasteiger partial charge >= 0.3 is 0 Å². The first-order valence-electron chi connectivity index (χ1n) is 9.18. The number of rotatable bonds is 8. The summed E-state index contributed by atoms with van der Waals surface area (Å²) in [4.78, 5) is 16.6. The molecule has 0 spiro atoms. The van der Waals surface area contributed by atoms with E-state index in [1.54, 1.807) is 12.1 Å². The maximum Gasteiger partial charge on any atom is 0.224 e. The van der Waals surface area contributed by atoms with E-state index in [2.05, 4.69) is 27.9 Å². The molecule has 1 fully saturated rings. The van der Waals surface area contributed by atoms with Gasteiger partial charge in [-0.05, 0) is 50.1 Å². The highest BCUT2D eigenvalue weighted by Crippen LogP contribution is 2.37. The lowest BCUT2D eigenvalue weighted by Crippen LogP contribution is -2.42. The van der Waals surface area contributed by atoms with Gasteiger partial charge in [-0.25, -0.2) is 4.39 Å². The molecule has 1 saturated heterocycles. The molecular weight excluding hydrogens is 478 g/mol. The van der Waals surface area contributed by atoms with Crippen molar-refractivity contribution in [2.45, 2.75) is 37.9 Å². The predicted octanol–water partition coefficient (Wildman–Crippen LogP) is 2.94. The van der Waals surface area contributed by atoms with Crippen LogP contribution in [0.15, 0.2) is 29.3 Å². The maximum absolute atomic E-state index is 13.1. The zero-order valence-corrected chi connectivity index (χ0v) is 19.2. The van der Waals surface area contributed by atoms with Crippen molar-refractivity contribution in [2.75, 3.05) is 31.9 Å². The van der Waals surface area contributed by atoms with Crippen LogP contribution in [0.5, 0.6) is 0 Å². The molecule has 1 atom stereocenters. The Labute approximate surface area is 182 Å². The summed E-state index contributed by atoms with van der Waals surface area (Å²) in [6.07, 6.45) is 2.65. The molecule has 1 heterocycles. The molecule has 8 heteroatoms. The van der Waals surface area contributed by atoms with Crippen LogP contribution in [-0.2, 0) is 11.2 Å². The molecular formula is C19H30FIN4OS. The Morgan fingerprint density at radius 2 is 2.07 bits per heavy atom. The monoisotopic (exact) mass is 508 g/mol. The van der Waals surface area contributed by atoms with Crippen molar-refractivity contribution in [3.05, 3.63) is 35.6 Å². The van der Waals surface area contributed by atoms with Crippen LogP contribution in [0, 0.1) is 5.82 Å². The minimum Gasteiger partial charge on any atom is -0.357 e. The summed E-state index contributed by atoms with van der Waals surface area (Å²) in [7, 11) is 0. The third-order valence-corrected chi connectivity index (χ3v) is 5.73. The lowest BCUT2D eigenvalue weighted by molar-refractivity contribution is -0.120. The molecule has 0 saturated carbocycles. The lowest BCUT2D eigenvalue weighted by Gasteiger charge is -2.21. The van der Waals surface area contributed by atoms with E-state index in [4.69, 9.17) is 0 Å². The number of thioether (sulfide) groups is 1. The maximum atomic E-state index is 13.1. The van der Waals surface area contributed by atoms with Gasteiger partial charge in [-0.2, -0.15) is 11.8 Å². The van der Waals surface area contributed by atoms with Crippen LogP contribution in [0.25, 0.3) is 0 Å². The van der Waals surface area contributed by atoms with E-state index < -0.39 is 0 Å². The standard InChI is InChI=1S/C19H29FN4OS.HI/c1-3-21-18(24-14-19(2)8-5-11-26-19)23-10-9-22-17(25)13-15-6-4-7-16(20)12-15;/h4,6-7,12H,3,5,8-11,13-14H2,1-2H3,(H,22,25)(H2,21,23,24);1H. The van der Waals surface area contributed by atoms with Gasteiger partial charge in [0, 0.05) is 24.4 Å². The van der Waals surface area contributed by atoms with E-state index in [-0.39, 0.29) is 46.9 Å². The van der Waals surface area contributed by atoms with Crippen molar-refractivity contribution in [3.8, 4) is 0 Å². The van der Waals surface area contributed by atoms with Crippen LogP contribution in [0.2, 0.25) is 0 Å². The summed E-state index contributed by atoms with van der Waals surface area (Å²) in [5.74, 6) is 1.56. The molecule has 1 amide bonds. The van der Waals surface area contributed by atoms with Gasteiger partial charge in [0.2, 0.25) is 5.91 Å². The van der Waals surface area contributed by atoms with Gasteiger partial charge in [-0.15, -0.1) is 24.0 Å². The third kappa shape index (κ3) is 9.14. The Balaban J connectivity index is 0.00000364. The Kier molecular flexibility index (Phi) is 11.1. The molecule has 0 radical (unpaired) electrons. The van der Waals surface area contributed by atoms with Gasteiger partial charge in [-0.3, -0.25) is 9.79 Å². The normalized spacial score (nSPS) is 19.3. The number of nitrogens with one attached hydrogen (secondary N) is 3. The second-order valence-electron chi connectivity index (χ2n) is 6.68. The lowest BCUT2D eigenvalue weighted by atomic mass is 10.1. The fourth-order valence-electron chi connectivity index (χ4n) is 2.83. The van der Waals surface area contributed by atoms with Crippen molar-refractivity contribution in [2.24, 2.45) is 4.99 Å². The Bertz CT molecular complexity index is 623. The molecule has 1 aliphatic heterocycles. The number of carbonyl (C=O) groups excluding carboxylic acids is 1. The van der Waals surface area contributed by atoms with Crippen molar-refractivity contribution in [1.29, 1.82) is 0 Å². The van der Waals surface area contributed by atoms with Gasteiger partial charge in [0.25, 0.3) is 0 Å². The van der Waals surface area contributed by atoms with Gasteiger partial charge in [0.15, 0.2) is 5.96 Å². The number of carbonyl (C=O) groups is 1. The third-order valence-electron chi connectivity index (χ3n) is 4.21. The zero-order valence-electron chi connectivity index (χ0n) is 16.0. The van der Waals surface area contributed by atoms with E-state index in [0.717, 1.165) is 19.0 Å². The van der Waals surface area contributed by atoms with E-state index in [9.17, 15) is 9.18 Å². The molecule has 0 aromatic heterocycles. The van der Waals surface area contributed by atoms with E-state index >= 15 is 0 Å². The number of guanidine groups is 1. The van der Waals surface area contributed by atoms with Crippen LogP contribution >= 0.6 is 35.7 Å². The fraction of sp³-hybridized carbons (Fsp3) is 0.579. The van der Waals surface area contributed by atoms with Crippen LogP contribution in [0.1, 0.15) is 32.3 Å². The second kappa shape index (κ2) is 12.4. The highest BCUT2D eigenvalue weighted by Gasteiger charge is 2.29. The summed E-state index contributed by atoms with van der Waals surface area (Å²) >= 11 is 1.99. The smallest absolute Gasteiger partial charge is 0.224 e. The minimum atomic E-state index is -0.322. The molecule has 3 N–H and O–H groups in total. The summed E-state index contributed by atoms with van der Waals surface area (Å²) in [5.41, 5.74) is 0.674. The van der Waals surface area contributed by atoms with Crippen LogP contribution in [-0.4, -0.2) is 48.5 Å². The largest absolute Gasteiger partial charge is 0.357 e. The van der Waals surface area contributed by atoms with Crippen molar-refractivity contribution in [1.82, 2.24) is 16.0 Å². The average Bonchev–Trinajstić information content (AvgIpc) is 3.03. The Morgan fingerprint density at radius 3 is 2.74 bits per heavy atom. The minimum absolute atomic E-state index is 0. The summed E-state index contributed by atoms with van der Waals surface area (Å²) in [6, 6.07) is 6.12. The topological polar surface area (TPSA) is 65.5 Å². The fourth-order valence-corrected chi connectivity index (χ4v) is 4.05. The van der Waals surface area contributed by atoms with Crippen molar-refractivity contribution >= 4 is 47.6 Å². The highest BCUT2D eigenvalue weighted by atomic mass is 127. The van der Waals surface area contributed by atoms with Gasteiger partial charge in [0.1, 0.15) is 5.82 Å². The second-order valence-corrected chi connectivity index (χ2v) is 8.36. The Hall–Kier alpha value is -1.03. The summed E-state index contributed by atoms with van der Waals surface area (Å²) in [5, 5.41) is 9.32. The molecule has 0 aliphatic carbocycles. The summed E-state index contributed by atoms with van der Waals surface area (Å²) < 4.78 is 13.4. The highest BCUT2D eigenvalue weighted by molar-refractivity contribution is 14.0. The van der Waals surface area contributed by atoms with E-state index in [1.165, 1.54) is 30.7 Å². The number of hydrogen-bond acceptors (Lipinski definition) is 3. The van der Waals surface area contributed by atoms with Crippen LogP contribution < -0.4 is 16.0 Å². The van der Waals surface area contributed by atoms with Gasteiger partial charge in [-0.1, -0.05) is 12.1 Å². The molecule has 1 aromatic rings. The zero-order chi connectivity index (χ0) is 18.8. The first-order valence-corrected chi connectivity index (χ1v) is 10.2. The van der Waals surface area contributed by atoms with Crippen LogP contribution in [0.4, 0.5) is 4.39 Å². The molecule has 5 nitrogen and oxygen atoms in total. The Morgan fingerprint density at radius 1 is 1.30 bits per heavy atom. The number of hydrogen-bond donors (Lipinski definition) is 3. The van der Waals surface area contributed by atoms with Gasteiger partial charge in [0.05, 0.1) is 13.0 Å². The van der Waals surface area contributed by atoms with E-state index in [0.29, 0.717) is 18.7 Å². The first-order chi connectivity index (χ1) is 12.5. The molecule has 27 heavy (non-hydrogen) atoms. The molecule has 0 bridgehead atoms. The molecule has 2 rings (SSSR count). The molecule has 1 unspecified atom stereocenters. The van der Waals surface area contributed by atoms with Gasteiger partial charge < -0.3 is 16.0 Å². The number of amides is 1. The van der Waals surface area contributed by atoms with Crippen LogP contribution in [0.3, 0.4) is 0 Å². The van der Waals surface area contributed by atoms with Crippen molar-refractivity contribution in [3.63, 3.8) is 0 Å². The molecule has 152 valence electrons. The SMILES string of the molecule is CCNC(=NCC1(C)CCCS1)NCCNC(=O)Cc1cccc(F)c1.I.